The van der Waals surface area contributed by atoms with Gasteiger partial charge in [-0.25, -0.2) is 13.1 Å². The van der Waals surface area contributed by atoms with Gasteiger partial charge in [-0.05, 0) is 62.4 Å². The Bertz CT molecular complexity index is 993. The fourth-order valence-corrected chi connectivity index (χ4v) is 3.61. The average Bonchev–Trinajstić information content (AvgIpc) is 2.93. The standard InChI is InChI=1S/C18H19N3O3S/c1-13-11-14(2)21(19-13)16-6-4-5-15(12-16)20-25(22,23)18-9-7-17(24-3)8-10-18/h4-12,20H,1-3H3. The Labute approximate surface area is 147 Å². The maximum atomic E-state index is 12.5. The number of hydrogen-bond donors (Lipinski definition) is 1. The van der Waals surface area contributed by atoms with Crippen LogP contribution < -0.4 is 9.46 Å². The van der Waals surface area contributed by atoms with Crippen molar-refractivity contribution in [2.75, 3.05) is 11.8 Å². The minimum Gasteiger partial charge on any atom is -0.497 e. The number of aromatic nitrogens is 2. The van der Waals surface area contributed by atoms with Crippen molar-refractivity contribution >= 4 is 15.7 Å². The van der Waals surface area contributed by atoms with Gasteiger partial charge in [0.15, 0.2) is 0 Å². The van der Waals surface area contributed by atoms with Crippen LogP contribution in [0.4, 0.5) is 5.69 Å². The van der Waals surface area contributed by atoms with Crippen molar-refractivity contribution < 1.29 is 13.2 Å². The Morgan fingerprint density at radius 3 is 2.36 bits per heavy atom. The van der Waals surface area contributed by atoms with Gasteiger partial charge in [-0.1, -0.05) is 6.07 Å². The third-order valence-corrected chi connectivity index (χ3v) is 5.12. The Balaban J connectivity index is 1.89. The molecular weight excluding hydrogens is 338 g/mol. The molecule has 0 amide bonds. The van der Waals surface area contributed by atoms with E-state index in [1.807, 2.05) is 26.0 Å². The second-order valence-corrected chi connectivity index (χ2v) is 7.35. The van der Waals surface area contributed by atoms with Crippen molar-refractivity contribution in [3.63, 3.8) is 0 Å². The second-order valence-electron chi connectivity index (χ2n) is 5.67. The largest absolute Gasteiger partial charge is 0.497 e. The highest BCUT2D eigenvalue weighted by molar-refractivity contribution is 7.92. The number of benzene rings is 2. The number of hydrogen-bond acceptors (Lipinski definition) is 4. The van der Waals surface area contributed by atoms with Crippen molar-refractivity contribution in [2.45, 2.75) is 18.7 Å². The lowest BCUT2D eigenvalue weighted by Crippen LogP contribution is -2.13. The molecule has 1 aromatic heterocycles. The maximum absolute atomic E-state index is 12.5. The minimum atomic E-state index is -3.68. The highest BCUT2D eigenvalue weighted by Gasteiger charge is 2.15. The summed E-state index contributed by atoms with van der Waals surface area (Å²) < 4.78 is 34.5. The predicted octanol–water partition coefficient (Wildman–Crippen LogP) is 3.30. The monoisotopic (exact) mass is 357 g/mol. The van der Waals surface area contributed by atoms with Crippen LogP contribution in [-0.4, -0.2) is 25.3 Å². The molecule has 1 N–H and O–H groups in total. The molecule has 6 nitrogen and oxygen atoms in total. The number of sulfonamides is 1. The van der Waals surface area contributed by atoms with Crippen molar-refractivity contribution in [1.29, 1.82) is 0 Å². The third kappa shape index (κ3) is 3.66. The maximum Gasteiger partial charge on any atom is 0.261 e. The van der Waals surface area contributed by atoms with Gasteiger partial charge >= 0.3 is 0 Å². The van der Waals surface area contributed by atoms with Gasteiger partial charge in [0.05, 0.1) is 29.1 Å². The van der Waals surface area contributed by atoms with Crippen molar-refractivity contribution in [1.82, 2.24) is 9.78 Å². The zero-order chi connectivity index (χ0) is 18.0. The van der Waals surface area contributed by atoms with Crippen LogP contribution in [0.25, 0.3) is 5.69 Å². The molecule has 3 rings (SSSR count). The van der Waals surface area contributed by atoms with Gasteiger partial charge in [0.2, 0.25) is 0 Å². The summed E-state index contributed by atoms with van der Waals surface area (Å²) in [5.41, 5.74) is 3.15. The summed E-state index contributed by atoms with van der Waals surface area (Å²) in [5, 5.41) is 4.42. The first-order valence-electron chi connectivity index (χ1n) is 7.69. The molecule has 0 saturated carbocycles. The summed E-state index contributed by atoms with van der Waals surface area (Å²) in [4.78, 5) is 0.171. The summed E-state index contributed by atoms with van der Waals surface area (Å²) in [5.74, 6) is 0.602. The quantitative estimate of drug-likeness (QED) is 0.760. The minimum absolute atomic E-state index is 0.171. The van der Waals surface area contributed by atoms with Gasteiger partial charge in [0.1, 0.15) is 5.75 Å². The van der Waals surface area contributed by atoms with E-state index in [1.165, 1.54) is 19.2 Å². The Morgan fingerprint density at radius 2 is 1.76 bits per heavy atom. The number of anilines is 1. The van der Waals surface area contributed by atoms with E-state index in [0.29, 0.717) is 11.4 Å². The van der Waals surface area contributed by atoms with E-state index in [0.717, 1.165) is 17.1 Å². The molecule has 0 aliphatic rings. The fourth-order valence-electron chi connectivity index (χ4n) is 2.56. The Hall–Kier alpha value is -2.80. The normalized spacial score (nSPS) is 11.3. The molecule has 7 heteroatoms. The van der Waals surface area contributed by atoms with E-state index in [2.05, 4.69) is 9.82 Å². The molecule has 2 aromatic carbocycles. The fraction of sp³-hybridized carbons (Fsp3) is 0.167. The number of nitrogens with one attached hydrogen (secondary N) is 1. The van der Waals surface area contributed by atoms with Crippen LogP contribution in [0.1, 0.15) is 11.4 Å². The van der Waals surface area contributed by atoms with E-state index in [4.69, 9.17) is 4.74 Å². The average molecular weight is 357 g/mol. The Morgan fingerprint density at radius 1 is 1.04 bits per heavy atom. The number of nitrogens with zero attached hydrogens (tertiary/aromatic N) is 2. The molecule has 25 heavy (non-hydrogen) atoms. The third-order valence-electron chi connectivity index (χ3n) is 3.72. The van der Waals surface area contributed by atoms with Crippen LogP contribution >= 0.6 is 0 Å². The lowest BCUT2D eigenvalue weighted by atomic mass is 10.3. The van der Waals surface area contributed by atoms with Gasteiger partial charge in [0, 0.05) is 5.69 Å². The van der Waals surface area contributed by atoms with Gasteiger partial charge in [-0.3, -0.25) is 4.72 Å². The molecule has 0 unspecified atom stereocenters. The molecule has 130 valence electrons. The topological polar surface area (TPSA) is 73.2 Å². The number of aryl methyl sites for hydroxylation is 2. The van der Waals surface area contributed by atoms with E-state index in [1.54, 1.807) is 35.0 Å². The Kier molecular flexibility index (Phi) is 4.50. The molecule has 0 spiro atoms. The number of rotatable bonds is 5. The molecule has 0 fully saturated rings. The lowest BCUT2D eigenvalue weighted by molar-refractivity contribution is 0.414. The second kappa shape index (κ2) is 6.60. The summed E-state index contributed by atoms with van der Waals surface area (Å²) in [6, 6.07) is 15.3. The van der Waals surface area contributed by atoms with Gasteiger partial charge in [-0.2, -0.15) is 5.10 Å². The number of ether oxygens (including phenoxy) is 1. The predicted molar refractivity (Wildman–Crippen MR) is 96.8 cm³/mol. The summed E-state index contributed by atoms with van der Waals surface area (Å²) >= 11 is 0. The van der Waals surface area contributed by atoms with Gasteiger partial charge < -0.3 is 4.74 Å². The van der Waals surface area contributed by atoms with E-state index < -0.39 is 10.0 Å². The molecule has 0 saturated heterocycles. The van der Waals surface area contributed by atoms with Crippen LogP contribution in [0.15, 0.2) is 59.5 Å². The van der Waals surface area contributed by atoms with Crippen LogP contribution in [0.3, 0.4) is 0 Å². The first-order valence-corrected chi connectivity index (χ1v) is 9.18. The molecule has 0 aliphatic heterocycles. The zero-order valence-corrected chi connectivity index (χ0v) is 15.0. The van der Waals surface area contributed by atoms with Crippen molar-refractivity contribution in [2.24, 2.45) is 0 Å². The van der Waals surface area contributed by atoms with E-state index in [-0.39, 0.29) is 4.90 Å². The van der Waals surface area contributed by atoms with Crippen LogP contribution in [0, 0.1) is 13.8 Å². The lowest BCUT2D eigenvalue weighted by Gasteiger charge is -2.11. The highest BCUT2D eigenvalue weighted by Crippen LogP contribution is 2.21. The first-order chi connectivity index (χ1) is 11.9. The van der Waals surface area contributed by atoms with Crippen LogP contribution in [0.2, 0.25) is 0 Å². The molecule has 0 atom stereocenters. The summed E-state index contributed by atoms with van der Waals surface area (Å²) in [6.45, 7) is 3.87. The SMILES string of the molecule is COc1ccc(S(=O)(=O)Nc2cccc(-n3nc(C)cc3C)c2)cc1. The number of methoxy groups -OCH3 is 1. The van der Waals surface area contributed by atoms with Gasteiger partial charge in [0.25, 0.3) is 10.0 Å². The summed E-state index contributed by atoms with van der Waals surface area (Å²) in [7, 11) is -2.14. The molecule has 0 radical (unpaired) electrons. The van der Waals surface area contributed by atoms with Crippen molar-refractivity contribution in [3.8, 4) is 11.4 Å². The summed E-state index contributed by atoms with van der Waals surface area (Å²) in [6.07, 6.45) is 0. The van der Waals surface area contributed by atoms with E-state index in [9.17, 15) is 8.42 Å². The molecule has 1 heterocycles. The zero-order valence-electron chi connectivity index (χ0n) is 14.2. The van der Waals surface area contributed by atoms with Crippen molar-refractivity contribution in [3.05, 3.63) is 66.0 Å². The van der Waals surface area contributed by atoms with Crippen LogP contribution in [-0.2, 0) is 10.0 Å². The molecular formula is C18H19N3O3S. The van der Waals surface area contributed by atoms with Crippen LogP contribution in [0.5, 0.6) is 5.75 Å². The van der Waals surface area contributed by atoms with E-state index >= 15 is 0 Å². The van der Waals surface area contributed by atoms with Gasteiger partial charge in [-0.15, -0.1) is 0 Å². The first kappa shape index (κ1) is 17.0. The molecule has 0 bridgehead atoms. The smallest absolute Gasteiger partial charge is 0.261 e. The highest BCUT2D eigenvalue weighted by atomic mass is 32.2. The molecule has 3 aromatic rings. The molecule has 0 aliphatic carbocycles.